The smallest absolute Gasteiger partial charge is 0.270 e. The molecule has 24 heavy (non-hydrogen) atoms. The highest BCUT2D eigenvalue weighted by molar-refractivity contribution is 5.87. The van der Waals surface area contributed by atoms with Gasteiger partial charge in [-0.3, -0.25) is 10.1 Å². The Kier molecular flexibility index (Phi) is 4.04. The number of benzene rings is 1. The van der Waals surface area contributed by atoms with Crippen molar-refractivity contribution in [1.82, 2.24) is 10.3 Å². The van der Waals surface area contributed by atoms with Gasteiger partial charge in [-0.1, -0.05) is 19.8 Å². The molecule has 0 spiro atoms. The third kappa shape index (κ3) is 2.81. The molecule has 1 saturated carbocycles. The molecule has 0 radical (unpaired) electrons. The summed E-state index contributed by atoms with van der Waals surface area (Å²) in [6.45, 7) is 2.35. The first-order valence-corrected chi connectivity index (χ1v) is 9.16. The van der Waals surface area contributed by atoms with E-state index in [4.69, 9.17) is 0 Å². The normalized spacial score (nSPS) is 27.1. The van der Waals surface area contributed by atoms with Crippen LogP contribution in [0, 0.1) is 16.0 Å². The molecule has 0 unspecified atom stereocenters. The number of aromatic nitrogens is 1. The standard InChI is InChI=1S/C19H25N3O2/c1-12-4-2-5-13(10-12)20-18-7-3-6-15-16-11-14(22(23)24)8-9-17(16)21-19(15)18/h8-9,11-13,18,20-21H,2-7,10H2,1H3/t12-,13+,18+/m1/s1. The predicted octanol–water partition coefficient (Wildman–Crippen LogP) is 4.62. The molecule has 1 fully saturated rings. The van der Waals surface area contributed by atoms with Crippen LogP contribution < -0.4 is 5.32 Å². The van der Waals surface area contributed by atoms with E-state index in [1.54, 1.807) is 12.1 Å². The van der Waals surface area contributed by atoms with Gasteiger partial charge >= 0.3 is 0 Å². The molecular formula is C19H25N3O2. The highest BCUT2D eigenvalue weighted by Crippen LogP contribution is 2.37. The Morgan fingerprint density at radius 1 is 1.25 bits per heavy atom. The van der Waals surface area contributed by atoms with Crippen LogP contribution in [0.2, 0.25) is 0 Å². The molecule has 5 heteroatoms. The molecule has 0 bridgehead atoms. The average molecular weight is 327 g/mol. The number of fused-ring (bicyclic) bond motifs is 3. The first-order valence-electron chi connectivity index (χ1n) is 9.16. The van der Waals surface area contributed by atoms with Crippen molar-refractivity contribution in [1.29, 1.82) is 0 Å². The number of rotatable bonds is 3. The molecular weight excluding hydrogens is 302 g/mol. The molecule has 2 N–H and O–H groups in total. The van der Waals surface area contributed by atoms with Crippen molar-refractivity contribution in [2.45, 2.75) is 64.0 Å². The summed E-state index contributed by atoms with van der Waals surface area (Å²) in [5, 5.41) is 16.0. The van der Waals surface area contributed by atoms with E-state index in [9.17, 15) is 10.1 Å². The number of nitro groups is 1. The SMILES string of the molecule is C[C@@H]1CCC[C@H](N[C@H]2CCCc3c2[nH]c2ccc([N+](=O)[O-])cc32)C1. The Balaban J connectivity index is 1.64. The second-order valence-corrected chi connectivity index (χ2v) is 7.58. The number of aromatic amines is 1. The lowest BCUT2D eigenvalue weighted by atomic mass is 9.85. The highest BCUT2D eigenvalue weighted by atomic mass is 16.6. The van der Waals surface area contributed by atoms with Gasteiger partial charge in [-0.25, -0.2) is 0 Å². The molecule has 0 amide bonds. The molecule has 3 atom stereocenters. The van der Waals surface area contributed by atoms with E-state index in [1.807, 2.05) is 6.07 Å². The minimum atomic E-state index is -0.305. The summed E-state index contributed by atoms with van der Waals surface area (Å²) in [5.41, 5.74) is 3.74. The maximum atomic E-state index is 11.1. The predicted molar refractivity (Wildman–Crippen MR) is 95.2 cm³/mol. The fourth-order valence-electron chi connectivity index (χ4n) is 4.60. The van der Waals surface area contributed by atoms with E-state index >= 15 is 0 Å². The number of nitrogens with zero attached hydrogens (tertiary/aromatic N) is 1. The summed E-state index contributed by atoms with van der Waals surface area (Å²) in [7, 11) is 0. The van der Waals surface area contributed by atoms with Crippen LogP contribution in [-0.4, -0.2) is 15.9 Å². The zero-order valence-electron chi connectivity index (χ0n) is 14.2. The van der Waals surface area contributed by atoms with Gasteiger partial charge in [-0.2, -0.15) is 0 Å². The maximum absolute atomic E-state index is 11.1. The van der Waals surface area contributed by atoms with Crippen LogP contribution in [-0.2, 0) is 6.42 Å². The molecule has 5 nitrogen and oxygen atoms in total. The second-order valence-electron chi connectivity index (χ2n) is 7.58. The molecule has 1 aromatic heterocycles. The fraction of sp³-hybridized carbons (Fsp3) is 0.579. The van der Waals surface area contributed by atoms with Crippen LogP contribution in [0.15, 0.2) is 18.2 Å². The van der Waals surface area contributed by atoms with Crippen molar-refractivity contribution < 1.29 is 4.92 Å². The Morgan fingerprint density at radius 2 is 2.12 bits per heavy atom. The van der Waals surface area contributed by atoms with Gasteiger partial charge in [0, 0.05) is 40.8 Å². The third-order valence-corrected chi connectivity index (χ3v) is 5.77. The lowest BCUT2D eigenvalue weighted by Crippen LogP contribution is -2.37. The van der Waals surface area contributed by atoms with E-state index in [2.05, 4.69) is 17.2 Å². The zero-order valence-corrected chi connectivity index (χ0v) is 14.2. The van der Waals surface area contributed by atoms with Crippen LogP contribution in [0.25, 0.3) is 10.9 Å². The maximum Gasteiger partial charge on any atom is 0.270 e. The van der Waals surface area contributed by atoms with Crippen molar-refractivity contribution in [3.05, 3.63) is 39.6 Å². The van der Waals surface area contributed by atoms with E-state index in [0.29, 0.717) is 12.1 Å². The van der Waals surface area contributed by atoms with E-state index < -0.39 is 0 Å². The lowest BCUT2D eigenvalue weighted by Gasteiger charge is -2.33. The van der Waals surface area contributed by atoms with Crippen molar-refractivity contribution >= 4 is 16.6 Å². The van der Waals surface area contributed by atoms with E-state index in [1.165, 1.54) is 36.9 Å². The van der Waals surface area contributed by atoms with Crippen molar-refractivity contribution in [3.8, 4) is 0 Å². The first-order chi connectivity index (χ1) is 11.6. The number of non-ortho nitro benzene ring substituents is 1. The second kappa shape index (κ2) is 6.20. The average Bonchev–Trinajstić information content (AvgIpc) is 2.94. The van der Waals surface area contributed by atoms with Gasteiger partial charge in [0.25, 0.3) is 5.69 Å². The molecule has 1 heterocycles. The van der Waals surface area contributed by atoms with Crippen LogP contribution in [0.3, 0.4) is 0 Å². The number of aryl methyl sites for hydroxylation is 1. The Morgan fingerprint density at radius 3 is 2.92 bits per heavy atom. The van der Waals surface area contributed by atoms with E-state index in [0.717, 1.165) is 36.1 Å². The number of hydrogen-bond acceptors (Lipinski definition) is 3. The van der Waals surface area contributed by atoms with Crippen molar-refractivity contribution in [2.75, 3.05) is 0 Å². The molecule has 2 aromatic rings. The van der Waals surface area contributed by atoms with E-state index in [-0.39, 0.29) is 10.6 Å². The number of nitro benzene ring substituents is 1. The lowest BCUT2D eigenvalue weighted by molar-refractivity contribution is -0.384. The van der Waals surface area contributed by atoms with Gasteiger partial charge in [0.05, 0.1) is 4.92 Å². The highest BCUT2D eigenvalue weighted by Gasteiger charge is 2.28. The van der Waals surface area contributed by atoms with Crippen LogP contribution >= 0.6 is 0 Å². The van der Waals surface area contributed by atoms with Crippen LogP contribution in [0.4, 0.5) is 5.69 Å². The third-order valence-electron chi connectivity index (χ3n) is 5.77. The molecule has 1 aromatic carbocycles. The molecule has 2 aliphatic rings. The summed E-state index contributed by atoms with van der Waals surface area (Å²) < 4.78 is 0. The Hall–Kier alpha value is -1.88. The van der Waals surface area contributed by atoms with Gasteiger partial charge in [0.1, 0.15) is 0 Å². The number of hydrogen-bond donors (Lipinski definition) is 2. The number of nitrogens with one attached hydrogen (secondary N) is 2. The van der Waals surface area contributed by atoms with Crippen LogP contribution in [0.5, 0.6) is 0 Å². The fourth-order valence-corrected chi connectivity index (χ4v) is 4.60. The largest absolute Gasteiger partial charge is 0.357 e. The molecule has 0 saturated heterocycles. The van der Waals surface area contributed by atoms with Crippen molar-refractivity contribution in [3.63, 3.8) is 0 Å². The van der Waals surface area contributed by atoms with Gasteiger partial charge in [0.2, 0.25) is 0 Å². The first kappa shape index (κ1) is 15.6. The Bertz CT molecular complexity index is 767. The Labute approximate surface area is 142 Å². The van der Waals surface area contributed by atoms with Gasteiger partial charge < -0.3 is 10.3 Å². The van der Waals surface area contributed by atoms with Crippen LogP contribution in [0.1, 0.15) is 62.7 Å². The summed E-state index contributed by atoms with van der Waals surface area (Å²) in [4.78, 5) is 14.3. The minimum absolute atomic E-state index is 0.181. The minimum Gasteiger partial charge on any atom is -0.357 e. The van der Waals surface area contributed by atoms with Gasteiger partial charge in [0.15, 0.2) is 0 Å². The summed E-state index contributed by atoms with van der Waals surface area (Å²) in [5.74, 6) is 0.810. The summed E-state index contributed by atoms with van der Waals surface area (Å²) >= 11 is 0. The molecule has 2 aliphatic carbocycles. The topological polar surface area (TPSA) is 71.0 Å². The number of H-pyrrole nitrogens is 1. The molecule has 4 rings (SSSR count). The molecule has 128 valence electrons. The quantitative estimate of drug-likeness (QED) is 0.638. The van der Waals surface area contributed by atoms with Gasteiger partial charge in [-0.05, 0) is 49.7 Å². The summed E-state index contributed by atoms with van der Waals surface area (Å²) in [6, 6.07) is 6.14. The molecule has 0 aliphatic heterocycles. The monoisotopic (exact) mass is 327 g/mol. The summed E-state index contributed by atoms with van der Waals surface area (Å²) in [6.07, 6.45) is 8.49. The van der Waals surface area contributed by atoms with Crippen molar-refractivity contribution in [2.24, 2.45) is 5.92 Å². The van der Waals surface area contributed by atoms with Gasteiger partial charge in [-0.15, -0.1) is 0 Å². The zero-order chi connectivity index (χ0) is 16.7.